The first-order chi connectivity index (χ1) is 11.0. The molecule has 0 aliphatic heterocycles. The summed E-state index contributed by atoms with van der Waals surface area (Å²) in [5.74, 6) is 0.385. The number of anilines is 2. The number of tetrazole rings is 1. The third-order valence-corrected chi connectivity index (χ3v) is 3.44. The highest BCUT2D eigenvalue weighted by molar-refractivity contribution is 5.95. The molecule has 0 aliphatic rings. The number of nitrogens with one attached hydrogen (secondary N) is 2. The van der Waals surface area contributed by atoms with Gasteiger partial charge in [0.25, 0.3) is 0 Å². The third kappa shape index (κ3) is 3.25. The second-order valence-electron chi connectivity index (χ2n) is 5.42. The number of carbonyl (C=O) groups excluding carboxylic acids is 1. The number of hydrogen-bond acceptors (Lipinski definition) is 6. The van der Waals surface area contributed by atoms with Gasteiger partial charge in [-0.05, 0) is 54.5 Å². The fourth-order valence-electron chi connectivity index (χ4n) is 2.48. The number of hydrogen-bond donors (Lipinski definition) is 2. The number of amides is 1. The third-order valence-electron chi connectivity index (χ3n) is 3.44. The van der Waals surface area contributed by atoms with Crippen molar-refractivity contribution in [2.24, 2.45) is 0 Å². The van der Waals surface area contributed by atoms with Crippen molar-refractivity contribution >= 4 is 23.1 Å². The smallest absolute Gasteiger partial charge is 0.243 e. The zero-order valence-corrected chi connectivity index (χ0v) is 13.2. The van der Waals surface area contributed by atoms with Crippen molar-refractivity contribution in [2.75, 3.05) is 17.2 Å². The van der Waals surface area contributed by atoms with E-state index in [2.05, 4.69) is 31.3 Å². The lowest BCUT2D eigenvalue weighted by Crippen LogP contribution is -2.23. The molecule has 8 nitrogen and oxygen atoms in total. The Labute approximate surface area is 132 Å². The van der Waals surface area contributed by atoms with Gasteiger partial charge in [-0.2, -0.15) is 0 Å². The Bertz CT molecular complexity index is 848. The maximum atomic E-state index is 12.1. The SMILES string of the molecule is Cc1cc(C)c(NC(=O)CNc2ccc3nnnn3n2)c(C)c1. The Morgan fingerprint density at radius 1 is 1.17 bits per heavy atom. The van der Waals surface area contributed by atoms with Crippen LogP contribution in [-0.4, -0.2) is 37.7 Å². The predicted octanol–water partition coefficient (Wildman–Crippen LogP) is 1.50. The van der Waals surface area contributed by atoms with Gasteiger partial charge in [-0.1, -0.05) is 17.7 Å². The van der Waals surface area contributed by atoms with E-state index in [1.165, 1.54) is 10.2 Å². The number of rotatable bonds is 4. The number of aromatic nitrogens is 5. The van der Waals surface area contributed by atoms with Crippen LogP contribution in [0.2, 0.25) is 0 Å². The van der Waals surface area contributed by atoms with Crippen LogP contribution >= 0.6 is 0 Å². The van der Waals surface area contributed by atoms with E-state index in [1.54, 1.807) is 12.1 Å². The minimum atomic E-state index is -0.140. The van der Waals surface area contributed by atoms with Crippen molar-refractivity contribution in [2.45, 2.75) is 20.8 Å². The van der Waals surface area contributed by atoms with Crippen molar-refractivity contribution in [3.05, 3.63) is 41.0 Å². The van der Waals surface area contributed by atoms with E-state index in [4.69, 9.17) is 0 Å². The molecule has 2 aromatic heterocycles. The highest BCUT2D eigenvalue weighted by Gasteiger charge is 2.09. The molecule has 0 aliphatic carbocycles. The average molecular weight is 311 g/mol. The molecular formula is C15H17N7O. The van der Waals surface area contributed by atoms with Gasteiger partial charge in [-0.3, -0.25) is 4.79 Å². The summed E-state index contributed by atoms with van der Waals surface area (Å²) in [4.78, 5) is 12.1. The maximum absolute atomic E-state index is 12.1. The summed E-state index contributed by atoms with van der Waals surface area (Å²) >= 11 is 0. The van der Waals surface area contributed by atoms with Gasteiger partial charge in [0.05, 0.1) is 6.54 Å². The number of aryl methyl sites for hydroxylation is 3. The molecule has 2 heterocycles. The average Bonchev–Trinajstić information content (AvgIpc) is 2.96. The predicted molar refractivity (Wildman–Crippen MR) is 86.3 cm³/mol. The minimum Gasteiger partial charge on any atom is -0.360 e. The van der Waals surface area contributed by atoms with Crippen molar-refractivity contribution in [1.29, 1.82) is 0 Å². The van der Waals surface area contributed by atoms with Gasteiger partial charge >= 0.3 is 0 Å². The molecule has 23 heavy (non-hydrogen) atoms. The molecule has 8 heteroatoms. The molecule has 0 radical (unpaired) electrons. The monoisotopic (exact) mass is 311 g/mol. The molecular weight excluding hydrogens is 294 g/mol. The topological polar surface area (TPSA) is 97.1 Å². The summed E-state index contributed by atoms with van der Waals surface area (Å²) in [5, 5.41) is 21.0. The van der Waals surface area contributed by atoms with E-state index in [-0.39, 0.29) is 12.5 Å². The summed E-state index contributed by atoms with van der Waals surface area (Å²) in [6.07, 6.45) is 0. The summed E-state index contributed by atoms with van der Waals surface area (Å²) in [6.45, 7) is 6.10. The molecule has 0 fully saturated rings. The van der Waals surface area contributed by atoms with Gasteiger partial charge in [0, 0.05) is 5.69 Å². The molecule has 2 N–H and O–H groups in total. The lowest BCUT2D eigenvalue weighted by molar-refractivity contribution is -0.114. The maximum Gasteiger partial charge on any atom is 0.243 e. The normalized spacial score (nSPS) is 10.7. The van der Waals surface area contributed by atoms with Gasteiger partial charge in [0.15, 0.2) is 5.65 Å². The fraction of sp³-hybridized carbons (Fsp3) is 0.267. The van der Waals surface area contributed by atoms with Gasteiger partial charge in [-0.25, -0.2) is 0 Å². The lowest BCUT2D eigenvalue weighted by atomic mass is 10.1. The van der Waals surface area contributed by atoms with E-state index in [0.29, 0.717) is 11.5 Å². The lowest BCUT2D eigenvalue weighted by Gasteiger charge is -2.13. The van der Waals surface area contributed by atoms with E-state index < -0.39 is 0 Å². The zero-order valence-electron chi connectivity index (χ0n) is 13.2. The van der Waals surface area contributed by atoms with Crippen molar-refractivity contribution < 1.29 is 4.79 Å². The molecule has 0 atom stereocenters. The molecule has 1 amide bonds. The summed E-state index contributed by atoms with van der Waals surface area (Å²) in [5.41, 5.74) is 4.67. The van der Waals surface area contributed by atoms with Crippen molar-refractivity contribution in [1.82, 2.24) is 25.3 Å². The van der Waals surface area contributed by atoms with Crippen molar-refractivity contribution in [3.63, 3.8) is 0 Å². The number of nitrogens with zero attached hydrogens (tertiary/aromatic N) is 5. The highest BCUT2D eigenvalue weighted by atomic mass is 16.1. The van der Waals surface area contributed by atoms with Crippen LogP contribution in [0, 0.1) is 20.8 Å². The van der Waals surface area contributed by atoms with Crippen LogP contribution in [0.25, 0.3) is 5.65 Å². The first kappa shape index (κ1) is 14.9. The van der Waals surface area contributed by atoms with Crippen LogP contribution < -0.4 is 10.6 Å². The quantitative estimate of drug-likeness (QED) is 0.758. The standard InChI is InChI=1S/C15H17N7O/c1-9-6-10(2)15(11(3)7-9)17-14(23)8-16-12-4-5-13-18-20-21-22(13)19-12/h4-7H,8H2,1-3H3,(H,16,19)(H,17,23). The summed E-state index contributed by atoms with van der Waals surface area (Å²) in [7, 11) is 0. The van der Waals surface area contributed by atoms with Gasteiger partial charge < -0.3 is 10.6 Å². The molecule has 118 valence electrons. The summed E-state index contributed by atoms with van der Waals surface area (Å²) in [6, 6.07) is 7.54. The van der Waals surface area contributed by atoms with Gasteiger partial charge in [0.1, 0.15) is 5.82 Å². The molecule has 3 rings (SSSR count). The molecule has 0 unspecified atom stereocenters. The largest absolute Gasteiger partial charge is 0.360 e. The first-order valence-corrected chi connectivity index (χ1v) is 7.20. The molecule has 0 spiro atoms. The Balaban J connectivity index is 1.65. The number of carbonyl (C=O) groups is 1. The zero-order chi connectivity index (χ0) is 16.4. The van der Waals surface area contributed by atoms with E-state index in [9.17, 15) is 4.79 Å². The Morgan fingerprint density at radius 3 is 2.65 bits per heavy atom. The van der Waals surface area contributed by atoms with Crippen LogP contribution in [0.5, 0.6) is 0 Å². The minimum absolute atomic E-state index is 0.105. The molecule has 3 aromatic rings. The van der Waals surface area contributed by atoms with Gasteiger partial charge in [0.2, 0.25) is 5.91 Å². The van der Waals surface area contributed by atoms with Crippen LogP contribution in [0.15, 0.2) is 24.3 Å². The Morgan fingerprint density at radius 2 is 1.91 bits per heavy atom. The van der Waals surface area contributed by atoms with Gasteiger partial charge in [-0.15, -0.1) is 14.8 Å². The van der Waals surface area contributed by atoms with E-state index >= 15 is 0 Å². The van der Waals surface area contributed by atoms with E-state index in [0.717, 1.165) is 16.8 Å². The fourth-order valence-corrected chi connectivity index (χ4v) is 2.48. The second kappa shape index (κ2) is 5.99. The second-order valence-corrected chi connectivity index (χ2v) is 5.42. The Hall–Kier alpha value is -3.03. The molecule has 0 saturated carbocycles. The highest BCUT2D eigenvalue weighted by Crippen LogP contribution is 2.21. The molecule has 0 bridgehead atoms. The molecule has 1 aromatic carbocycles. The number of fused-ring (bicyclic) bond motifs is 1. The Kier molecular flexibility index (Phi) is 3.88. The summed E-state index contributed by atoms with van der Waals surface area (Å²) < 4.78 is 1.30. The van der Waals surface area contributed by atoms with Crippen LogP contribution in [0.4, 0.5) is 11.5 Å². The van der Waals surface area contributed by atoms with Crippen LogP contribution in [0.3, 0.4) is 0 Å². The van der Waals surface area contributed by atoms with Crippen LogP contribution in [-0.2, 0) is 4.79 Å². The molecule has 0 saturated heterocycles. The number of benzene rings is 1. The van der Waals surface area contributed by atoms with Crippen molar-refractivity contribution in [3.8, 4) is 0 Å². The van der Waals surface area contributed by atoms with Crippen LogP contribution in [0.1, 0.15) is 16.7 Å². The first-order valence-electron chi connectivity index (χ1n) is 7.20. The van der Waals surface area contributed by atoms with E-state index in [1.807, 2.05) is 32.9 Å².